The van der Waals surface area contributed by atoms with Gasteiger partial charge in [0, 0.05) is 10.4 Å². The molecule has 0 spiro atoms. The van der Waals surface area contributed by atoms with Crippen LogP contribution in [0.1, 0.15) is 33.6 Å². The second-order valence-electron chi connectivity index (χ2n) is 8.03. The number of para-hydroxylation sites is 1. The summed E-state index contributed by atoms with van der Waals surface area (Å²) >= 11 is 5.89. The number of ether oxygens (including phenoxy) is 2. The summed E-state index contributed by atoms with van der Waals surface area (Å²) < 4.78 is 11.3. The number of hydrogen-bond donors (Lipinski definition) is 1. The highest BCUT2D eigenvalue weighted by Gasteiger charge is 2.27. The summed E-state index contributed by atoms with van der Waals surface area (Å²) in [6.07, 6.45) is 3.55. The zero-order valence-corrected chi connectivity index (χ0v) is 19.1. The summed E-state index contributed by atoms with van der Waals surface area (Å²) in [4.78, 5) is 18.1. The number of hydrogen-bond acceptors (Lipinski definition) is 5. The maximum atomic E-state index is 13.2. The van der Waals surface area contributed by atoms with Gasteiger partial charge in [0.1, 0.15) is 24.7 Å². The third-order valence-electron chi connectivity index (χ3n) is 5.78. The molecule has 0 unspecified atom stereocenters. The van der Waals surface area contributed by atoms with Crippen molar-refractivity contribution in [2.75, 3.05) is 13.2 Å². The second kappa shape index (κ2) is 9.57. The number of halogens is 1. The minimum absolute atomic E-state index is 0.128. The van der Waals surface area contributed by atoms with Gasteiger partial charge < -0.3 is 14.6 Å². The quantitative estimate of drug-likeness (QED) is 0.263. The Kier molecular flexibility index (Phi) is 6.19. The number of carbonyl (C=O) groups is 1. The summed E-state index contributed by atoms with van der Waals surface area (Å²) in [7, 11) is 0. The molecule has 0 radical (unpaired) electrons. The molecule has 0 bridgehead atoms. The van der Waals surface area contributed by atoms with E-state index >= 15 is 0 Å². The topological polar surface area (TPSA) is 68.7 Å². The third-order valence-corrected chi connectivity index (χ3v) is 6.03. The minimum Gasteiger partial charge on any atom is -0.508 e. The fourth-order valence-corrected chi connectivity index (χ4v) is 4.31. The van der Waals surface area contributed by atoms with Crippen molar-refractivity contribution in [1.82, 2.24) is 4.98 Å². The van der Waals surface area contributed by atoms with Crippen molar-refractivity contribution in [3.63, 3.8) is 0 Å². The molecule has 1 heterocycles. The van der Waals surface area contributed by atoms with Gasteiger partial charge in [-0.25, -0.2) is 9.78 Å². The largest absolute Gasteiger partial charge is 0.508 e. The smallest absolute Gasteiger partial charge is 0.339 e. The van der Waals surface area contributed by atoms with Crippen molar-refractivity contribution < 1.29 is 19.4 Å². The number of phenols is 1. The molecule has 1 aromatic heterocycles. The van der Waals surface area contributed by atoms with Gasteiger partial charge in [0.05, 0.1) is 16.8 Å². The summed E-state index contributed by atoms with van der Waals surface area (Å²) in [5.41, 5.74) is 5.10. The Morgan fingerprint density at radius 1 is 0.971 bits per heavy atom. The van der Waals surface area contributed by atoms with E-state index in [4.69, 9.17) is 26.1 Å². The fourth-order valence-electron chi connectivity index (χ4n) is 4.18. The highest BCUT2D eigenvalue weighted by molar-refractivity contribution is 6.30. The molecule has 1 aliphatic carbocycles. The number of phenolic OH excluding ortho intramolecular Hbond substituents is 1. The number of rotatable bonds is 6. The summed E-state index contributed by atoms with van der Waals surface area (Å²) in [5, 5.41) is 11.0. The first-order valence-corrected chi connectivity index (χ1v) is 11.4. The first-order chi connectivity index (χ1) is 16.6. The normalized spacial score (nSPS) is 13.7. The Hall–Kier alpha value is -3.83. The van der Waals surface area contributed by atoms with Gasteiger partial charge >= 0.3 is 5.97 Å². The number of aromatic nitrogens is 1. The lowest BCUT2D eigenvalue weighted by molar-refractivity contribution is 0.0451. The molecule has 5 nitrogen and oxygen atoms in total. The van der Waals surface area contributed by atoms with E-state index < -0.39 is 0 Å². The summed E-state index contributed by atoms with van der Waals surface area (Å²) in [6.45, 7) is 0.369. The maximum absolute atomic E-state index is 13.2. The van der Waals surface area contributed by atoms with Crippen LogP contribution in [0.2, 0.25) is 5.02 Å². The van der Waals surface area contributed by atoms with Crippen LogP contribution in [0.3, 0.4) is 0 Å². The van der Waals surface area contributed by atoms with Crippen LogP contribution in [0.4, 0.5) is 0 Å². The van der Waals surface area contributed by atoms with Gasteiger partial charge in [0.2, 0.25) is 0 Å². The number of allylic oxidation sites excluding steroid dienone is 1. The molecule has 170 valence electrons. The van der Waals surface area contributed by atoms with Crippen molar-refractivity contribution in [1.29, 1.82) is 0 Å². The molecule has 6 heteroatoms. The van der Waals surface area contributed by atoms with Crippen LogP contribution in [-0.4, -0.2) is 29.3 Å². The summed E-state index contributed by atoms with van der Waals surface area (Å²) in [5.74, 6) is 0.517. The van der Waals surface area contributed by atoms with Gasteiger partial charge in [-0.1, -0.05) is 41.9 Å². The van der Waals surface area contributed by atoms with E-state index in [1.54, 1.807) is 36.4 Å². The molecule has 0 amide bonds. The van der Waals surface area contributed by atoms with Gasteiger partial charge in [-0.05, 0) is 78.1 Å². The number of pyridine rings is 1. The maximum Gasteiger partial charge on any atom is 0.339 e. The van der Waals surface area contributed by atoms with Gasteiger partial charge in [-0.3, -0.25) is 0 Å². The van der Waals surface area contributed by atoms with Gasteiger partial charge in [-0.15, -0.1) is 0 Å². The van der Waals surface area contributed by atoms with E-state index in [9.17, 15) is 9.90 Å². The van der Waals surface area contributed by atoms with E-state index in [1.165, 1.54) is 0 Å². The van der Waals surface area contributed by atoms with E-state index in [1.807, 2.05) is 36.4 Å². The number of carbonyl (C=O) groups excluding carboxylic acids is 1. The van der Waals surface area contributed by atoms with Gasteiger partial charge in [0.15, 0.2) is 0 Å². The molecule has 0 saturated heterocycles. The monoisotopic (exact) mass is 471 g/mol. The first-order valence-electron chi connectivity index (χ1n) is 11.1. The molecule has 1 N–H and O–H groups in total. The van der Waals surface area contributed by atoms with Gasteiger partial charge in [-0.2, -0.15) is 0 Å². The lowest BCUT2D eigenvalue weighted by Gasteiger charge is -2.13. The van der Waals surface area contributed by atoms with Crippen LogP contribution < -0.4 is 4.74 Å². The predicted molar refractivity (Wildman–Crippen MR) is 133 cm³/mol. The number of benzene rings is 3. The zero-order valence-electron chi connectivity index (χ0n) is 18.3. The van der Waals surface area contributed by atoms with Crippen molar-refractivity contribution in [3.8, 4) is 11.5 Å². The van der Waals surface area contributed by atoms with Crippen LogP contribution in [0.5, 0.6) is 11.5 Å². The average Bonchev–Trinajstić information content (AvgIpc) is 3.24. The Bertz CT molecular complexity index is 1380. The average molecular weight is 472 g/mol. The highest BCUT2D eigenvalue weighted by atomic mass is 35.5. The molecule has 34 heavy (non-hydrogen) atoms. The van der Waals surface area contributed by atoms with Crippen LogP contribution in [0, 0.1) is 0 Å². The van der Waals surface area contributed by atoms with Crippen LogP contribution >= 0.6 is 11.6 Å². The lowest BCUT2D eigenvalue weighted by atomic mass is 10.0. The summed E-state index contributed by atoms with van der Waals surface area (Å²) in [6, 6.07) is 21.7. The number of aromatic hydroxyl groups is 1. The minimum atomic E-state index is -0.375. The standard InChI is InChI=1S/C28H22ClNO4/c29-20-8-12-22(13-9-20)33-15-16-34-28(32)26-23-3-1-2-4-25(23)30-27-19(7-14-24(26)27)17-18-5-10-21(31)11-6-18/h1-6,8-13,17,31H,7,14-16H2. The third kappa shape index (κ3) is 4.61. The Labute approximate surface area is 202 Å². The second-order valence-corrected chi connectivity index (χ2v) is 8.47. The Morgan fingerprint density at radius 3 is 2.53 bits per heavy atom. The van der Waals surface area contributed by atoms with Crippen LogP contribution in [0.15, 0.2) is 72.8 Å². The van der Waals surface area contributed by atoms with Crippen LogP contribution in [0.25, 0.3) is 22.6 Å². The van der Waals surface area contributed by atoms with Crippen molar-refractivity contribution in [2.45, 2.75) is 12.8 Å². The fraction of sp³-hybridized carbons (Fsp3) is 0.143. The molecule has 3 aromatic carbocycles. The van der Waals surface area contributed by atoms with E-state index in [-0.39, 0.29) is 24.9 Å². The molecule has 0 saturated carbocycles. The molecule has 0 atom stereocenters. The SMILES string of the molecule is O=C(OCCOc1ccc(Cl)cc1)c1c2c(nc3ccccc13)C(=Cc1ccc(O)cc1)CC2. The predicted octanol–water partition coefficient (Wildman–Crippen LogP) is 6.32. The molecular formula is C28H22ClNO4. The molecule has 4 aromatic rings. The molecule has 1 aliphatic rings. The molecule has 0 aliphatic heterocycles. The Morgan fingerprint density at radius 2 is 1.74 bits per heavy atom. The van der Waals surface area contributed by atoms with Gasteiger partial charge in [0.25, 0.3) is 0 Å². The van der Waals surface area contributed by atoms with Crippen molar-refractivity contribution in [2.24, 2.45) is 0 Å². The van der Waals surface area contributed by atoms with Crippen molar-refractivity contribution in [3.05, 3.63) is 100 Å². The molecule has 5 rings (SSSR count). The zero-order chi connectivity index (χ0) is 23.5. The first kappa shape index (κ1) is 22.0. The highest BCUT2D eigenvalue weighted by Crippen LogP contribution is 2.38. The number of nitrogens with zero attached hydrogens (tertiary/aromatic N) is 1. The van der Waals surface area contributed by atoms with E-state index in [0.29, 0.717) is 22.8 Å². The number of esters is 1. The van der Waals surface area contributed by atoms with Crippen molar-refractivity contribution >= 4 is 40.1 Å². The molecule has 0 fully saturated rings. The molecular weight excluding hydrogens is 450 g/mol. The van der Waals surface area contributed by atoms with E-state index in [2.05, 4.69) is 6.08 Å². The number of fused-ring (bicyclic) bond motifs is 2. The van der Waals surface area contributed by atoms with Crippen LogP contribution in [-0.2, 0) is 11.2 Å². The Balaban J connectivity index is 1.40. The lowest BCUT2D eigenvalue weighted by Crippen LogP contribution is -2.15. The van der Waals surface area contributed by atoms with E-state index in [0.717, 1.165) is 39.7 Å².